The van der Waals surface area contributed by atoms with E-state index in [1.807, 2.05) is 37.3 Å². The summed E-state index contributed by atoms with van der Waals surface area (Å²) in [6, 6.07) is 14.2. The molecule has 162 valence electrons. The van der Waals surface area contributed by atoms with E-state index < -0.39 is 11.9 Å². The first-order valence-corrected chi connectivity index (χ1v) is 10.4. The lowest BCUT2D eigenvalue weighted by Gasteiger charge is -2.19. The zero-order valence-electron chi connectivity index (χ0n) is 17.9. The van der Waals surface area contributed by atoms with E-state index in [1.165, 1.54) is 0 Å². The quantitative estimate of drug-likeness (QED) is 0.552. The molecule has 1 heterocycles. The Morgan fingerprint density at radius 1 is 1.13 bits per heavy atom. The Bertz CT molecular complexity index is 1080. The minimum absolute atomic E-state index is 0.00839. The van der Waals surface area contributed by atoms with Gasteiger partial charge in [-0.3, -0.25) is 9.59 Å². The van der Waals surface area contributed by atoms with Crippen LogP contribution in [0.2, 0.25) is 5.02 Å². The second kappa shape index (κ2) is 9.75. The molecular weight excluding hydrogens is 416 g/mol. The van der Waals surface area contributed by atoms with Crippen LogP contribution in [0.5, 0.6) is 0 Å². The van der Waals surface area contributed by atoms with Gasteiger partial charge in [0.25, 0.3) is 5.91 Å². The molecule has 0 spiro atoms. The summed E-state index contributed by atoms with van der Waals surface area (Å²) in [6.07, 6.45) is -0.226. The highest BCUT2D eigenvalue weighted by atomic mass is 35.5. The lowest BCUT2D eigenvalue weighted by atomic mass is 10.0. The summed E-state index contributed by atoms with van der Waals surface area (Å²) < 4.78 is 6.83. The molecule has 1 unspecified atom stereocenters. The maximum atomic E-state index is 13.0. The number of halogens is 1. The molecule has 1 N–H and O–H groups in total. The Hall–Kier alpha value is -3.19. The van der Waals surface area contributed by atoms with Gasteiger partial charge in [-0.05, 0) is 51.5 Å². The summed E-state index contributed by atoms with van der Waals surface area (Å²) in [7, 11) is 0. The first-order valence-electron chi connectivity index (χ1n) is 9.99. The number of hydrogen-bond donors (Lipinski definition) is 1. The van der Waals surface area contributed by atoms with Crippen molar-refractivity contribution in [1.82, 2.24) is 20.3 Å². The van der Waals surface area contributed by atoms with Crippen LogP contribution in [-0.2, 0) is 9.53 Å². The molecule has 31 heavy (non-hydrogen) atoms. The molecule has 0 aliphatic heterocycles. The van der Waals surface area contributed by atoms with Crippen LogP contribution in [-0.4, -0.2) is 33.0 Å². The van der Waals surface area contributed by atoms with Crippen LogP contribution in [0, 0.1) is 13.8 Å². The molecule has 0 fully saturated rings. The van der Waals surface area contributed by atoms with Crippen molar-refractivity contribution in [3.8, 4) is 5.69 Å². The van der Waals surface area contributed by atoms with Gasteiger partial charge in [-0.15, -0.1) is 5.10 Å². The summed E-state index contributed by atoms with van der Waals surface area (Å²) in [4.78, 5) is 25.3. The van der Waals surface area contributed by atoms with Crippen molar-refractivity contribution in [2.24, 2.45) is 0 Å². The van der Waals surface area contributed by atoms with Crippen LogP contribution >= 0.6 is 11.6 Å². The van der Waals surface area contributed by atoms with Gasteiger partial charge in [0.1, 0.15) is 0 Å². The molecular formula is C23H25ClN4O3. The van der Waals surface area contributed by atoms with Crippen LogP contribution in [0.25, 0.3) is 5.69 Å². The number of hydrogen-bond acceptors (Lipinski definition) is 5. The topological polar surface area (TPSA) is 86.1 Å². The van der Waals surface area contributed by atoms with Gasteiger partial charge in [0, 0.05) is 5.02 Å². The largest absolute Gasteiger partial charge is 0.463 e. The van der Waals surface area contributed by atoms with Crippen molar-refractivity contribution in [2.45, 2.75) is 46.3 Å². The van der Waals surface area contributed by atoms with Gasteiger partial charge in [0.15, 0.2) is 5.69 Å². The highest BCUT2D eigenvalue weighted by molar-refractivity contribution is 6.30. The lowest BCUT2D eigenvalue weighted by Crippen LogP contribution is -2.31. The monoisotopic (exact) mass is 440 g/mol. The van der Waals surface area contributed by atoms with Gasteiger partial charge in [0.2, 0.25) is 0 Å². The van der Waals surface area contributed by atoms with Gasteiger partial charge in [-0.2, -0.15) is 0 Å². The number of amides is 1. The molecule has 0 saturated heterocycles. The number of ether oxygens (including phenoxy) is 1. The first kappa shape index (κ1) is 22.5. The molecule has 1 amide bonds. The molecule has 8 heteroatoms. The first-order chi connectivity index (χ1) is 14.7. The molecule has 0 aliphatic rings. The summed E-state index contributed by atoms with van der Waals surface area (Å²) in [5.74, 6) is -0.811. The summed E-state index contributed by atoms with van der Waals surface area (Å²) in [5.41, 5.74) is 3.33. The number of aromatic nitrogens is 3. The van der Waals surface area contributed by atoms with Gasteiger partial charge in [-0.25, -0.2) is 4.68 Å². The van der Waals surface area contributed by atoms with Gasteiger partial charge < -0.3 is 10.1 Å². The molecule has 3 aromatic rings. The number of benzene rings is 2. The Labute approximate surface area is 186 Å². The van der Waals surface area contributed by atoms with Crippen molar-refractivity contribution in [3.63, 3.8) is 0 Å². The molecule has 0 radical (unpaired) electrons. The van der Waals surface area contributed by atoms with Crippen LogP contribution in [0.3, 0.4) is 0 Å². The molecule has 2 aromatic carbocycles. The molecule has 3 rings (SSSR count). The third-order valence-electron chi connectivity index (χ3n) is 4.69. The predicted molar refractivity (Wildman–Crippen MR) is 118 cm³/mol. The van der Waals surface area contributed by atoms with E-state index in [0.717, 1.165) is 11.1 Å². The van der Waals surface area contributed by atoms with E-state index in [0.29, 0.717) is 16.4 Å². The van der Waals surface area contributed by atoms with Crippen molar-refractivity contribution in [3.05, 3.63) is 76.1 Å². The highest BCUT2D eigenvalue weighted by Crippen LogP contribution is 2.21. The van der Waals surface area contributed by atoms with Gasteiger partial charge >= 0.3 is 5.97 Å². The lowest BCUT2D eigenvalue weighted by molar-refractivity contribution is -0.147. The number of esters is 1. The average Bonchev–Trinajstić information content (AvgIpc) is 3.09. The predicted octanol–water partition coefficient (Wildman–Crippen LogP) is 4.35. The van der Waals surface area contributed by atoms with E-state index in [4.69, 9.17) is 16.3 Å². The van der Waals surface area contributed by atoms with Gasteiger partial charge in [-0.1, -0.05) is 52.7 Å². The second-order valence-electron chi connectivity index (χ2n) is 7.59. The smallest absolute Gasteiger partial charge is 0.308 e. The third-order valence-corrected chi connectivity index (χ3v) is 4.92. The van der Waals surface area contributed by atoms with Crippen molar-refractivity contribution >= 4 is 23.5 Å². The summed E-state index contributed by atoms with van der Waals surface area (Å²) >= 11 is 6.06. The minimum Gasteiger partial charge on any atom is -0.463 e. The number of rotatable bonds is 7. The van der Waals surface area contributed by atoms with Crippen molar-refractivity contribution in [1.29, 1.82) is 0 Å². The molecule has 0 aliphatic carbocycles. The standard InChI is InChI=1S/C23H25ClN4O3/c1-14(2)31-21(29)13-20(17-10-8-15(3)9-11-17)25-23(30)22-16(4)28(27-26-22)19-7-5-6-18(24)12-19/h5-12,14,20H,13H2,1-4H3,(H,25,30). The molecule has 1 aromatic heterocycles. The van der Waals surface area contributed by atoms with Crippen LogP contribution in [0.1, 0.15) is 53.6 Å². The summed E-state index contributed by atoms with van der Waals surface area (Å²) in [5, 5.41) is 11.6. The zero-order valence-corrected chi connectivity index (χ0v) is 18.7. The van der Waals surface area contributed by atoms with Crippen LogP contribution < -0.4 is 5.32 Å². The second-order valence-corrected chi connectivity index (χ2v) is 8.03. The number of nitrogens with zero attached hydrogens (tertiary/aromatic N) is 3. The van der Waals surface area contributed by atoms with E-state index in [1.54, 1.807) is 43.7 Å². The minimum atomic E-state index is -0.560. The van der Waals surface area contributed by atoms with Crippen molar-refractivity contribution < 1.29 is 14.3 Å². The Kier molecular flexibility index (Phi) is 7.07. The number of aryl methyl sites for hydroxylation is 1. The fourth-order valence-electron chi connectivity index (χ4n) is 3.15. The van der Waals surface area contributed by atoms with E-state index in [2.05, 4.69) is 15.6 Å². The van der Waals surface area contributed by atoms with Crippen molar-refractivity contribution in [2.75, 3.05) is 0 Å². The number of carbonyl (C=O) groups is 2. The van der Waals surface area contributed by atoms with E-state index >= 15 is 0 Å². The zero-order chi connectivity index (χ0) is 22.5. The normalized spacial score (nSPS) is 11.9. The molecule has 7 nitrogen and oxygen atoms in total. The Morgan fingerprint density at radius 2 is 1.84 bits per heavy atom. The average molecular weight is 441 g/mol. The van der Waals surface area contributed by atoms with E-state index in [-0.39, 0.29) is 24.2 Å². The SMILES string of the molecule is Cc1ccc(C(CC(=O)OC(C)C)NC(=O)c2nnn(-c3cccc(Cl)c3)c2C)cc1. The maximum absolute atomic E-state index is 13.0. The third kappa shape index (κ3) is 5.70. The Balaban J connectivity index is 1.84. The maximum Gasteiger partial charge on any atom is 0.308 e. The number of carbonyl (C=O) groups excluding carboxylic acids is 2. The van der Waals surface area contributed by atoms with E-state index in [9.17, 15) is 9.59 Å². The fraction of sp³-hybridized carbons (Fsp3) is 0.304. The summed E-state index contributed by atoms with van der Waals surface area (Å²) in [6.45, 7) is 7.30. The fourth-order valence-corrected chi connectivity index (χ4v) is 3.33. The van der Waals surface area contributed by atoms with Crippen LogP contribution in [0.4, 0.5) is 0 Å². The molecule has 0 saturated carbocycles. The molecule has 1 atom stereocenters. The van der Waals surface area contributed by atoms with Gasteiger partial charge in [0.05, 0.1) is 29.9 Å². The van der Waals surface area contributed by atoms with Crippen LogP contribution in [0.15, 0.2) is 48.5 Å². The molecule has 0 bridgehead atoms. The Morgan fingerprint density at radius 3 is 2.48 bits per heavy atom. The highest BCUT2D eigenvalue weighted by Gasteiger charge is 2.24. The number of nitrogens with one attached hydrogen (secondary N) is 1.